The van der Waals surface area contributed by atoms with Crippen LogP contribution >= 0.6 is 15.9 Å². The van der Waals surface area contributed by atoms with Gasteiger partial charge in [0.05, 0.1) is 11.6 Å². The summed E-state index contributed by atoms with van der Waals surface area (Å²) in [6.07, 6.45) is 1.97. The van der Waals surface area contributed by atoms with Crippen LogP contribution in [0.1, 0.15) is 24.3 Å². The molecule has 2 rings (SSSR count). The van der Waals surface area contributed by atoms with Crippen LogP contribution in [0, 0.1) is 5.82 Å². The molecule has 1 fully saturated rings. The fraction of sp³-hybridized carbons (Fsp3) is 0.500. The van der Waals surface area contributed by atoms with Gasteiger partial charge >= 0.3 is 0 Å². The Hall–Kier alpha value is -0.610. The molecule has 1 saturated heterocycles. The van der Waals surface area contributed by atoms with Crippen LogP contribution in [0.3, 0.4) is 0 Å². The van der Waals surface area contributed by atoms with Gasteiger partial charge in [0.1, 0.15) is 11.6 Å². The molecule has 0 unspecified atom stereocenters. The second kappa shape index (κ2) is 5.15. The summed E-state index contributed by atoms with van der Waals surface area (Å²) in [5.74, 6) is 0.863. The van der Waals surface area contributed by atoms with Crippen molar-refractivity contribution in [2.24, 2.45) is 0 Å². The van der Waals surface area contributed by atoms with Crippen LogP contribution in [0.4, 0.5) is 4.39 Å². The number of rotatable bonds is 2. The van der Waals surface area contributed by atoms with Crippen LogP contribution in [0.2, 0.25) is 0 Å². The molecule has 0 bridgehead atoms. The highest BCUT2D eigenvalue weighted by atomic mass is 79.9. The second-order valence-corrected chi connectivity index (χ2v) is 4.89. The quantitative estimate of drug-likeness (QED) is 0.903. The molecule has 1 aliphatic rings. The topological polar surface area (TPSA) is 21.3 Å². The van der Waals surface area contributed by atoms with Crippen LogP contribution in [-0.4, -0.2) is 20.2 Å². The van der Waals surface area contributed by atoms with Crippen molar-refractivity contribution >= 4 is 15.9 Å². The Balaban J connectivity index is 2.33. The fourth-order valence-electron chi connectivity index (χ4n) is 2.13. The number of hydrogen-bond donors (Lipinski definition) is 1. The summed E-state index contributed by atoms with van der Waals surface area (Å²) in [4.78, 5) is 0. The lowest BCUT2D eigenvalue weighted by Crippen LogP contribution is -2.27. The summed E-state index contributed by atoms with van der Waals surface area (Å²) < 4.78 is 19.6. The third-order valence-corrected chi connectivity index (χ3v) is 3.62. The summed E-state index contributed by atoms with van der Waals surface area (Å²) >= 11 is 3.23. The van der Waals surface area contributed by atoms with E-state index in [-0.39, 0.29) is 5.82 Å². The van der Waals surface area contributed by atoms with E-state index in [2.05, 4.69) is 21.2 Å². The van der Waals surface area contributed by atoms with E-state index >= 15 is 0 Å². The van der Waals surface area contributed by atoms with Gasteiger partial charge in [0.2, 0.25) is 0 Å². The zero-order valence-corrected chi connectivity index (χ0v) is 10.8. The summed E-state index contributed by atoms with van der Waals surface area (Å²) in [5, 5.41) is 3.28. The zero-order chi connectivity index (χ0) is 11.5. The van der Waals surface area contributed by atoms with Gasteiger partial charge in [-0.2, -0.15) is 0 Å². The largest absolute Gasteiger partial charge is 0.497 e. The zero-order valence-electron chi connectivity index (χ0n) is 9.22. The Labute approximate surface area is 103 Å². The predicted molar refractivity (Wildman–Crippen MR) is 65.5 cm³/mol. The minimum Gasteiger partial charge on any atom is -0.497 e. The Morgan fingerprint density at radius 2 is 2.06 bits per heavy atom. The van der Waals surface area contributed by atoms with Gasteiger partial charge in [0.25, 0.3) is 0 Å². The summed E-state index contributed by atoms with van der Waals surface area (Å²) in [6.45, 7) is 1.91. The smallest absolute Gasteiger partial charge is 0.141 e. The van der Waals surface area contributed by atoms with Gasteiger partial charge < -0.3 is 10.1 Å². The molecule has 0 aliphatic carbocycles. The van der Waals surface area contributed by atoms with E-state index in [1.54, 1.807) is 13.2 Å². The fourth-order valence-corrected chi connectivity index (χ4v) is 2.59. The monoisotopic (exact) mass is 287 g/mol. The number of halogens is 2. The molecule has 1 heterocycles. The molecule has 1 aromatic rings. The molecule has 1 aliphatic heterocycles. The lowest BCUT2D eigenvalue weighted by atomic mass is 9.90. The molecule has 1 aromatic carbocycles. The second-order valence-electron chi connectivity index (χ2n) is 4.04. The van der Waals surface area contributed by atoms with Gasteiger partial charge in [-0.15, -0.1) is 0 Å². The van der Waals surface area contributed by atoms with E-state index in [1.807, 2.05) is 6.07 Å². The average molecular weight is 288 g/mol. The lowest BCUT2D eigenvalue weighted by molar-refractivity contribution is 0.406. The molecule has 0 saturated carbocycles. The number of ether oxygens (including phenoxy) is 1. The van der Waals surface area contributed by atoms with Crippen molar-refractivity contribution in [2.75, 3.05) is 20.2 Å². The van der Waals surface area contributed by atoms with Crippen molar-refractivity contribution in [1.82, 2.24) is 5.32 Å². The standard InChI is InChI=1S/C12H15BrFNO/c1-16-9-6-10(12(14)11(13)7-9)8-2-4-15-5-3-8/h6-8,15H,2-5H2,1H3. The number of piperidine rings is 1. The predicted octanol–water partition coefficient (Wildman–Crippen LogP) is 3.06. The number of methoxy groups -OCH3 is 1. The third kappa shape index (κ3) is 2.38. The molecule has 0 spiro atoms. The van der Waals surface area contributed by atoms with Crippen molar-refractivity contribution in [2.45, 2.75) is 18.8 Å². The maximum Gasteiger partial charge on any atom is 0.141 e. The van der Waals surface area contributed by atoms with Crippen LogP contribution < -0.4 is 10.1 Å². The first-order valence-electron chi connectivity index (χ1n) is 5.46. The SMILES string of the molecule is COc1cc(Br)c(F)c(C2CCNCC2)c1. The first-order valence-corrected chi connectivity index (χ1v) is 6.25. The first kappa shape index (κ1) is 11.9. The van der Waals surface area contributed by atoms with E-state index in [0.717, 1.165) is 31.5 Å². The molecule has 88 valence electrons. The van der Waals surface area contributed by atoms with E-state index in [1.165, 1.54) is 0 Å². The Kier molecular flexibility index (Phi) is 3.82. The molecule has 0 atom stereocenters. The maximum atomic E-state index is 14.0. The highest BCUT2D eigenvalue weighted by Gasteiger charge is 2.21. The minimum atomic E-state index is -0.146. The Morgan fingerprint density at radius 1 is 1.38 bits per heavy atom. The highest BCUT2D eigenvalue weighted by molar-refractivity contribution is 9.10. The molecular weight excluding hydrogens is 273 g/mol. The van der Waals surface area contributed by atoms with Crippen molar-refractivity contribution in [1.29, 1.82) is 0 Å². The molecule has 2 nitrogen and oxygen atoms in total. The molecule has 0 aromatic heterocycles. The van der Waals surface area contributed by atoms with E-state index in [9.17, 15) is 4.39 Å². The molecule has 16 heavy (non-hydrogen) atoms. The van der Waals surface area contributed by atoms with Gasteiger partial charge in [-0.1, -0.05) is 0 Å². The summed E-state index contributed by atoms with van der Waals surface area (Å²) in [7, 11) is 1.60. The van der Waals surface area contributed by atoms with E-state index in [0.29, 0.717) is 16.1 Å². The first-order chi connectivity index (χ1) is 7.72. The lowest BCUT2D eigenvalue weighted by Gasteiger charge is -2.24. The summed E-state index contributed by atoms with van der Waals surface area (Å²) in [6, 6.07) is 3.48. The molecule has 1 N–H and O–H groups in total. The normalized spacial score (nSPS) is 17.4. The van der Waals surface area contributed by atoms with Crippen LogP contribution in [0.5, 0.6) is 5.75 Å². The van der Waals surface area contributed by atoms with Crippen molar-refractivity contribution in [3.63, 3.8) is 0 Å². The number of nitrogens with one attached hydrogen (secondary N) is 1. The Bertz CT molecular complexity index is 378. The van der Waals surface area contributed by atoms with E-state index in [4.69, 9.17) is 4.74 Å². The van der Waals surface area contributed by atoms with Gasteiger partial charge in [-0.25, -0.2) is 4.39 Å². The van der Waals surface area contributed by atoms with Gasteiger partial charge in [-0.3, -0.25) is 0 Å². The molecule has 0 radical (unpaired) electrons. The van der Waals surface area contributed by atoms with Crippen LogP contribution in [-0.2, 0) is 0 Å². The van der Waals surface area contributed by atoms with Gasteiger partial charge in [0, 0.05) is 0 Å². The van der Waals surface area contributed by atoms with Gasteiger partial charge in [-0.05, 0) is 65.5 Å². The Morgan fingerprint density at radius 3 is 2.69 bits per heavy atom. The molecular formula is C12H15BrFNO. The third-order valence-electron chi connectivity index (χ3n) is 3.04. The van der Waals surface area contributed by atoms with Crippen LogP contribution in [0.25, 0.3) is 0 Å². The number of hydrogen-bond acceptors (Lipinski definition) is 2. The summed E-state index contributed by atoms with van der Waals surface area (Å²) in [5.41, 5.74) is 0.771. The highest BCUT2D eigenvalue weighted by Crippen LogP contribution is 2.34. The molecule has 0 amide bonds. The van der Waals surface area contributed by atoms with Crippen molar-refractivity contribution < 1.29 is 9.13 Å². The average Bonchev–Trinajstić information content (AvgIpc) is 2.33. The van der Waals surface area contributed by atoms with Gasteiger partial charge in [0.15, 0.2) is 0 Å². The molecule has 4 heteroatoms. The maximum absolute atomic E-state index is 14.0. The number of benzene rings is 1. The van der Waals surface area contributed by atoms with Crippen molar-refractivity contribution in [3.8, 4) is 5.75 Å². The van der Waals surface area contributed by atoms with Crippen molar-refractivity contribution in [3.05, 3.63) is 28.0 Å². The minimum absolute atomic E-state index is 0.146. The van der Waals surface area contributed by atoms with E-state index < -0.39 is 0 Å². The van der Waals surface area contributed by atoms with Crippen LogP contribution in [0.15, 0.2) is 16.6 Å².